The Morgan fingerprint density at radius 1 is 1.30 bits per heavy atom. The molecule has 4 aromatic heterocycles. The van der Waals surface area contributed by atoms with E-state index in [4.69, 9.17) is 9.47 Å². The molecule has 0 unspecified atom stereocenters. The van der Waals surface area contributed by atoms with E-state index in [9.17, 15) is 14.3 Å². The minimum atomic E-state index is -1.03. The minimum absolute atomic E-state index is 0.147. The highest BCUT2D eigenvalue weighted by atomic mass is 32.1. The number of rotatable bonds is 9. The SMILES string of the molecule is CCOc1cc(-c2cc(NCCn3c(C)cc4c(OC)ncc(F)c43)ccn2)sc1C(=O)O. The lowest BCUT2D eigenvalue weighted by Gasteiger charge is -2.12. The van der Waals surface area contributed by atoms with E-state index in [1.54, 1.807) is 19.2 Å². The maximum absolute atomic E-state index is 14.5. The summed E-state index contributed by atoms with van der Waals surface area (Å²) < 4.78 is 27.1. The van der Waals surface area contributed by atoms with Gasteiger partial charge in [0.25, 0.3) is 0 Å². The van der Waals surface area contributed by atoms with Crippen molar-refractivity contribution in [3.8, 4) is 22.2 Å². The second-order valence-electron chi connectivity index (χ2n) is 7.21. The zero-order valence-electron chi connectivity index (χ0n) is 18.4. The summed E-state index contributed by atoms with van der Waals surface area (Å²) in [5, 5.41) is 13.4. The Hall–Kier alpha value is -3.66. The number of hydrogen-bond acceptors (Lipinski definition) is 7. The number of fused-ring (bicyclic) bond motifs is 1. The molecule has 0 saturated carbocycles. The molecule has 0 radical (unpaired) electrons. The van der Waals surface area contributed by atoms with Crippen molar-refractivity contribution in [3.05, 3.63) is 53.0 Å². The molecule has 4 heterocycles. The number of aromatic carboxylic acids is 1. The van der Waals surface area contributed by atoms with Gasteiger partial charge in [0.05, 0.1) is 41.4 Å². The normalized spacial score (nSPS) is 11.0. The van der Waals surface area contributed by atoms with Crippen LogP contribution in [-0.2, 0) is 6.54 Å². The first-order valence-electron chi connectivity index (χ1n) is 10.3. The van der Waals surface area contributed by atoms with Crippen LogP contribution in [0.15, 0.2) is 36.7 Å². The summed E-state index contributed by atoms with van der Waals surface area (Å²) in [5.41, 5.74) is 2.82. The van der Waals surface area contributed by atoms with Crippen molar-refractivity contribution in [1.29, 1.82) is 0 Å². The molecule has 0 aliphatic heterocycles. The fraction of sp³-hybridized carbons (Fsp3) is 0.261. The van der Waals surface area contributed by atoms with E-state index in [0.717, 1.165) is 22.7 Å². The fourth-order valence-electron chi connectivity index (χ4n) is 3.69. The predicted molar refractivity (Wildman–Crippen MR) is 125 cm³/mol. The van der Waals surface area contributed by atoms with E-state index >= 15 is 0 Å². The number of nitrogens with one attached hydrogen (secondary N) is 1. The van der Waals surface area contributed by atoms with Crippen molar-refractivity contribution in [2.24, 2.45) is 0 Å². The number of ether oxygens (including phenoxy) is 2. The van der Waals surface area contributed by atoms with Crippen LogP contribution in [0, 0.1) is 12.7 Å². The first-order valence-corrected chi connectivity index (χ1v) is 11.1. The third-order valence-electron chi connectivity index (χ3n) is 5.12. The third-order valence-corrected chi connectivity index (χ3v) is 6.24. The predicted octanol–water partition coefficient (Wildman–Crippen LogP) is 4.82. The first-order chi connectivity index (χ1) is 15.9. The Bertz CT molecular complexity index is 1320. The molecule has 10 heteroatoms. The molecule has 0 bridgehead atoms. The molecule has 0 saturated heterocycles. The molecular weight excluding hydrogens is 447 g/mol. The van der Waals surface area contributed by atoms with Crippen LogP contribution in [0.2, 0.25) is 0 Å². The zero-order chi connectivity index (χ0) is 23.5. The summed E-state index contributed by atoms with van der Waals surface area (Å²) in [6.07, 6.45) is 2.83. The van der Waals surface area contributed by atoms with Crippen LogP contribution in [0.25, 0.3) is 21.5 Å². The molecule has 0 aliphatic rings. The lowest BCUT2D eigenvalue weighted by Crippen LogP contribution is -2.12. The standard InChI is InChI=1S/C23H23FN4O4S/c1-4-32-18-11-19(33-21(18)23(29)30)17-10-14(5-6-26-17)25-7-8-28-13(2)9-15-20(28)16(24)12-27-22(15)31-3/h5-6,9-12H,4,7-8H2,1-3H3,(H,25,26)(H,29,30). The summed E-state index contributed by atoms with van der Waals surface area (Å²) >= 11 is 1.12. The van der Waals surface area contributed by atoms with Crippen molar-refractivity contribution in [2.45, 2.75) is 20.4 Å². The van der Waals surface area contributed by atoms with Crippen LogP contribution in [0.3, 0.4) is 0 Å². The van der Waals surface area contributed by atoms with E-state index < -0.39 is 11.8 Å². The van der Waals surface area contributed by atoms with Gasteiger partial charge < -0.3 is 24.5 Å². The number of halogens is 1. The molecule has 0 spiro atoms. The van der Waals surface area contributed by atoms with E-state index in [2.05, 4.69) is 15.3 Å². The number of carboxylic acids is 1. The summed E-state index contributed by atoms with van der Waals surface area (Å²) in [4.78, 5) is 20.7. The van der Waals surface area contributed by atoms with E-state index in [0.29, 0.717) is 52.8 Å². The lowest BCUT2D eigenvalue weighted by atomic mass is 10.2. The molecule has 0 atom stereocenters. The van der Waals surface area contributed by atoms with Gasteiger partial charge in [0, 0.05) is 36.7 Å². The monoisotopic (exact) mass is 470 g/mol. The van der Waals surface area contributed by atoms with Crippen LogP contribution in [0.5, 0.6) is 11.6 Å². The van der Waals surface area contributed by atoms with Gasteiger partial charge in [0.1, 0.15) is 5.75 Å². The number of aromatic nitrogens is 3. The number of carbonyl (C=O) groups is 1. The average molecular weight is 471 g/mol. The highest BCUT2D eigenvalue weighted by Crippen LogP contribution is 2.36. The van der Waals surface area contributed by atoms with Gasteiger partial charge in [-0.05, 0) is 32.0 Å². The lowest BCUT2D eigenvalue weighted by molar-refractivity contribution is 0.0698. The summed E-state index contributed by atoms with van der Waals surface area (Å²) in [7, 11) is 1.51. The van der Waals surface area contributed by atoms with Crippen LogP contribution < -0.4 is 14.8 Å². The Balaban J connectivity index is 1.53. The van der Waals surface area contributed by atoms with Gasteiger partial charge in [-0.3, -0.25) is 4.98 Å². The fourth-order valence-corrected chi connectivity index (χ4v) is 4.60. The minimum Gasteiger partial charge on any atom is -0.492 e. The highest BCUT2D eigenvalue weighted by molar-refractivity contribution is 7.17. The number of nitrogens with zero attached hydrogens (tertiary/aromatic N) is 3. The van der Waals surface area contributed by atoms with Crippen molar-refractivity contribution in [1.82, 2.24) is 14.5 Å². The molecule has 0 aliphatic carbocycles. The van der Waals surface area contributed by atoms with E-state index in [-0.39, 0.29) is 4.88 Å². The van der Waals surface area contributed by atoms with Crippen LogP contribution in [0.1, 0.15) is 22.3 Å². The van der Waals surface area contributed by atoms with Gasteiger partial charge in [-0.2, -0.15) is 0 Å². The van der Waals surface area contributed by atoms with Gasteiger partial charge in [-0.15, -0.1) is 11.3 Å². The molecule has 8 nitrogen and oxygen atoms in total. The number of pyridine rings is 2. The smallest absolute Gasteiger partial charge is 0.349 e. The molecule has 0 aromatic carbocycles. The highest BCUT2D eigenvalue weighted by Gasteiger charge is 2.18. The van der Waals surface area contributed by atoms with Gasteiger partial charge in [-0.25, -0.2) is 14.2 Å². The summed E-state index contributed by atoms with van der Waals surface area (Å²) in [6.45, 7) is 5.15. The number of aryl methyl sites for hydroxylation is 1. The molecule has 4 aromatic rings. The largest absolute Gasteiger partial charge is 0.492 e. The molecule has 0 amide bonds. The molecular formula is C23H23FN4O4S. The van der Waals surface area contributed by atoms with Crippen molar-refractivity contribution < 1.29 is 23.8 Å². The number of anilines is 1. The van der Waals surface area contributed by atoms with Gasteiger partial charge in [0.2, 0.25) is 5.88 Å². The van der Waals surface area contributed by atoms with Gasteiger partial charge >= 0.3 is 5.97 Å². The van der Waals surface area contributed by atoms with Crippen LogP contribution >= 0.6 is 11.3 Å². The first kappa shape index (κ1) is 22.5. The van der Waals surface area contributed by atoms with Crippen molar-refractivity contribution in [2.75, 3.05) is 25.6 Å². The second-order valence-corrected chi connectivity index (χ2v) is 8.27. The summed E-state index contributed by atoms with van der Waals surface area (Å²) in [5.74, 6) is -0.699. The van der Waals surface area contributed by atoms with Gasteiger partial charge in [-0.1, -0.05) is 0 Å². The average Bonchev–Trinajstić information content (AvgIpc) is 3.37. The van der Waals surface area contributed by atoms with E-state index in [1.165, 1.54) is 13.3 Å². The molecule has 172 valence electrons. The number of carboxylic acid groups (broad SMARTS) is 1. The molecule has 2 N–H and O–H groups in total. The summed E-state index contributed by atoms with van der Waals surface area (Å²) in [6, 6.07) is 7.24. The van der Waals surface area contributed by atoms with Crippen LogP contribution in [0.4, 0.5) is 10.1 Å². The topological polar surface area (TPSA) is 98.5 Å². The Kier molecular flexibility index (Phi) is 6.45. The molecule has 4 rings (SSSR count). The number of hydrogen-bond donors (Lipinski definition) is 2. The Labute approximate surface area is 193 Å². The van der Waals surface area contributed by atoms with E-state index in [1.807, 2.05) is 29.7 Å². The number of methoxy groups -OCH3 is 1. The number of thiophene rings is 1. The van der Waals surface area contributed by atoms with Crippen LogP contribution in [-0.4, -0.2) is 45.9 Å². The van der Waals surface area contributed by atoms with Gasteiger partial charge in [0.15, 0.2) is 10.7 Å². The van der Waals surface area contributed by atoms with Crippen molar-refractivity contribution >= 4 is 33.9 Å². The van der Waals surface area contributed by atoms with Crippen molar-refractivity contribution in [3.63, 3.8) is 0 Å². The quantitative estimate of drug-likeness (QED) is 0.362. The maximum atomic E-state index is 14.5. The molecule has 33 heavy (non-hydrogen) atoms. The second kappa shape index (κ2) is 9.45. The molecule has 0 fully saturated rings. The maximum Gasteiger partial charge on any atom is 0.349 e. The Morgan fingerprint density at radius 2 is 2.12 bits per heavy atom. The Morgan fingerprint density at radius 3 is 2.85 bits per heavy atom. The zero-order valence-corrected chi connectivity index (χ0v) is 19.2. The third kappa shape index (κ3) is 4.47.